The topological polar surface area (TPSA) is 77.8 Å². The number of aliphatic hydroxyl groups is 3. The predicted molar refractivity (Wildman–Crippen MR) is 71.4 cm³/mol. The minimum Gasteiger partial charge on any atom is -0.393 e. The first kappa shape index (κ1) is 14.2. The normalized spacial score (nSPS) is 26.0. The number of hydrogen-bond donors (Lipinski definition) is 3. The highest BCUT2D eigenvalue weighted by Gasteiger charge is 2.37. The maximum absolute atomic E-state index is 12.3. The van der Waals surface area contributed by atoms with Gasteiger partial charge in [-0.3, -0.25) is 4.79 Å². The van der Waals surface area contributed by atoms with Gasteiger partial charge in [0.25, 0.3) is 0 Å². The van der Waals surface area contributed by atoms with Gasteiger partial charge >= 0.3 is 0 Å². The summed E-state index contributed by atoms with van der Waals surface area (Å²) in [6, 6.07) is 0. The molecule has 0 aliphatic heterocycles. The molecule has 4 heteroatoms. The van der Waals surface area contributed by atoms with E-state index in [4.69, 9.17) is 0 Å². The molecule has 2 rings (SSSR count). The molecule has 104 valence electrons. The number of Topliss-reactive ketones (excluding diaryl/α,β-unsaturated/α-hetero) is 1. The van der Waals surface area contributed by atoms with Crippen molar-refractivity contribution >= 4 is 5.78 Å². The van der Waals surface area contributed by atoms with Gasteiger partial charge in [-0.1, -0.05) is 5.57 Å². The van der Waals surface area contributed by atoms with Crippen LogP contribution in [0.25, 0.3) is 0 Å². The highest BCUT2D eigenvalue weighted by atomic mass is 16.3. The van der Waals surface area contributed by atoms with Crippen LogP contribution in [0, 0.1) is 0 Å². The monoisotopic (exact) mass is 264 g/mol. The van der Waals surface area contributed by atoms with Gasteiger partial charge in [0.1, 0.15) is 12.2 Å². The number of carbonyl (C=O) groups is 1. The summed E-state index contributed by atoms with van der Waals surface area (Å²) < 4.78 is 0. The number of aliphatic hydroxyl groups excluding tert-OH is 3. The van der Waals surface area contributed by atoms with E-state index < -0.39 is 18.8 Å². The van der Waals surface area contributed by atoms with Gasteiger partial charge in [-0.15, -0.1) is 0 Å². The van der Waals surface area contributed by atoms with Gasteiger partial charge in [0.15, 0.2) is 5.78 Å². The standard InChI is InChI=1S/C15H20O4/c1-7-4-5-10-8(2)9(3)14(18)15(19)13(10)12(7)11(17)6-16/h11,14,16-18H,4-6H2,1-3H3. The van der Waals surface area contributed by atoms with Crippen LogP contribution >= 0.6 is 0 Å². The SMILES string of the molecule is CC1=C(C(O)CO)C2=C(CC1)C(C)=C(C)C(O)C2=O. The zero-order valence-electron chi connectivity index (χ0n) is 11.5. The molecule has 19 heavy (non-hydrogen) atoms. The van der Waals surface area contributed by atoms with Gasteiger partial charge < -0.3 is 15.3 Å². The van der Waals surface area contributed by atoms with Crippen LogP contribution in [-0.4, -0.2) is 39.9 Å². The molecule has 2 aliphatic carbocycles. The third kappa shape index (κ3) is 2.10. The maximum Gasteiger partial charge on any atom is 0.196 e. The Morgan fingerprint density at radius 1 is 1.26 bits per heavy atom. The lowest BCUT2D eigenvalue weighted by Crippen LogP contribution is -2.34. The van der Waals surface area contributed by atoms with Crippen molar-refractivity contribution in [1.82, 2.24) is 0 Å². The average Bonchev–Trinajstić information content (AvgIpc) is 2.41. The molecule has 0 aromatic rings. The van der Waals surface area contributed by atoms with Crippen LogP contribution in [0.3, 0.4) is 0 Å². The molecule has 0 saturated carbocycles. The lowest BCUT2D eigenvalue weighted by Gasteiger charge is -2.33. The summed E-state index contributed by atoms with van der Waals surface area (Å²) >= 11 is 0. The van der Waals surface area contributed by atoms with Crippen LogP contribution < -0.4 is 0 Å². The third-order valence-electron chi connectivity index (χ3n) is 4.24. The third-order valence-corrected chi connectivity index (χ3v) is 4.24. The average molecular weight is 264 g/mol. The highest BCUT2D eigenvalue weighted by Crippen LogP contribution is 2.41. The minimum atomic E-state index is -1.13. The van der Waals surface area contributed by atoms with Crippen molar-refractivity contribution in [1.29, 1.82) is 0 Å². The maximum atomic E-state index is 12.3. The molecule has 0 aromatic heterocycles. The second kappa shape index (κ2) is 5.04. The molecule has 0 fully saturated rings. The summed E-state index contributed by atoms with van der Waals surface area (Å²) in [5.74, 6) is -0.361. The van der Waals surface area contributed by atoms with Crippen LogP contribution in [-0.2, 0) is 4.79 Å². The van der Waals surface area contributed by atoms with Gasteiger partial charge in [-0.25, -0.2) is 0 Å². The zero-order valence-corrected chi connectivity index (χ0v) is 11.5. The van der Waals surface area contributed by atoms with Crippen molar-refractivity contribution < 1.29 is 20.1 Å². The van der Waals surface area contributed by atoms with E-state index in [2.05, 4.69) is 0 Å². The van der Waals surface area contributed by atoms with Crippen molar-refractivity contribution in [3.8, 4) is 0 Å². The lowest BCUT2D eigenvalue weighted by atomic mass is 9.73. The number of rotatable bonds is 2. The number of ketones is 1. The zero-order chi connectivity index (χ0) is 14.3. The summed E-state index contributed by atoms with van der Waals surface area (Å²) in [6.45, 7) is 5.09. The summed E-state index contributed by atoms with van der Waals surface area (Å²) in [4.78, 5) is 12.3. The summed E-state index contributed by atoms with van der Waals surface area (Å²) in [5.41, 5.74) is 4.34. The van der Waals surface area contributed by atoms with Gasteiger partial charge in [0.2, 0.25) is 0 Å². The Hall–Kier alpha value is -1.23. The molecule has 0 radical (unpaired) electrons. The fourth-order valence-corrected chi connectivity index (χ4v) is 2.92. The Morgan fingerprint density at radius 3 is 2.47 bits per heavy atom. The van der Waals surface area contributed by atoms with E-state index in [1.54, 1.807) is 6.92 Å². The van der Waals surface area contributed by atoms with Gasteiger partial charge in [0, 0.05) is 5.57 Å². The summed E-state index contributed by atoms with van der Waals surface area (Å²) in [7, 11) is 0. The van der Waals surface area contributed by atoms with E-state index in [0.29, 0.717) is 16.7 Å². The van der Waals surface area contributed by atoms with E-state index in [0.717, 1.165) is 29.6 Å². The van der Waals surface area contributed by atoms with Gasteiger partial charge in [0.05, 0.1) is 6.61 Å². The fraction of sp³-hybridized carbons (Fsp3) is 0.533. The predicted octanol–water partition coefficient (Wildman–Crippen LogP) is 1.03. The smallest absolute Gasteiger partial charge is 0.196 e. The van der Waals surface area contributed by atoms with Crippen molar-refractivity contribution in [2.75, 3.05) is 6.61 Å². The number of allylic oxidation sites excluding steroid dienone is 3. The molecule has 2 atom stereocenters. The molecule has 0 amide bonds. The van der Waals surface area contributed by atoms with Crippen molar-refractivity contribution in [2.24, 2.45) is 0 Å². The van der Waals surface area contributed by atoms with Gasteiger partial charge in [-0.2, -0.15) is 0 Å². The minimum absolute atomic E-state index is 0.361. The molecule has 0 saturated heterocycles. The molecule has 2 unspecified atom stereocenters. The number of hydrogen-bond acceptors (Lipinski definition) is 4. The Labute approximate surface area is 112 Å². The van der Waals surface area contributed by atoms with E-state index in [1.807, 2.05) is 13.8 Å². The second-order valence-corrected chi connectivity index (χ2v) is 5.32. The van der Waals surface area contributed by atoms with Crippen molar-refractivity contribution in [3.63, 3.8) is 0 Å². The van der Waals surface area contributed by atoms with Crippen LogP contribution in [0.4, 0.5) is 0 Å². The number of carbonyl (C=O) groups excluding carboxylic acids is 1. The van der Waals surface area contributed by atoms with Crippen LogP contribution in [0.15, 0.2) is 33.4 Å². The van der Waals surface area contributed by atoms with E-state index in [1.165, 1.54) is 0 Å². The Morgan fingerprint density at radius 2 is 1.89 bits per heavy atom. The lowest BCUT2D eigenvalue weighted by molar-refractivity contribution is -0.121. The molecule has 0 bridgehead atoms. The molecular weight excluding hydrogens is 244 g/mol. The molecular formula is C15H20O4. The molecule has 2 aliphatic rings. The van der Waals surface area contributed by atoms with E-state index in [-0.39, 0.29) is 5.78 Å². The quantitative estimate of drug-likeness (QED) is 0.696. The first-order chi connectivity index (χ1) is 8.90. The fourth-order valence-electron chi connectivity index (χ4n) is 2.92. The summed E-state index contributed by atoms with van der Waals surface area (Å²) in [6.07, 6.45) is -0.692. The van der Waals surface area contributed by atoms with E-state index >= 15 is 0 Å². The Balaban J connectivity index is 2.64. The second-order valence-electron chi connectivity index (χ2n) is 5.32. The van der Waals surface area contributed by atoms with Crippen LogP contribution in [0.2, 0.25) is 0 Å². The van der Waals surface area contributed by atoms with Crippen LogP contribution in [0.5, 0.6) is 0 Å². The molecule has 0 aromatic carbocycles. The van der Waals surface area contributed by atoms with Crippen molar-refractivity contribution in [3.05, 3.63) is 33.4 Å². The highest BCUT2D eigenvalue weighted by molar-refractivity contribution is 6.07. The first-order valence-electron chi connectivity index (χ1n) is 6.52. The Bertz CT molecular complexity index is 522. The first-order valence-corrected chi connectivity index (χ1v) is 6.52. The van der Waals surface area contributed by atoms with Crippen molar-refractivity contribution in [2.45, 2.75) is 45.8 Å². The summed E-state index contributed by atoms with van der Waals surface area (Å²) in [5, 5.41) is 29.1. The molecule has 0 spiro atoms. The molecule has 0 heterocycles. The largest absolute Gasteiger partial charge is 0.393 e. The molecule has 3 N–H and O–H groups in total. The van der Waals surface area contributed by atoms with Crippen LogP contribution in [0.1, 0.15) is 33.6 Å². The van der Waals surface area contributed by atoms with Gasteiger partial charge in [-0.05, 0) is 55.9 Å². The molecule has 4 nitrogen and oxygen atoms in total. The Kier molecular flexibility index (Phi) is 3.76. The van der Waals surface area contributed by atoms with E-state index in [9.17, 15) is 20.1 Å².